The van der Waals surface area contributed by atoms with E-state index >= 15 is 0 Å². The van der Waals surface area contributed by atoms with Crippen LogP contribution in [0.4, 0.5) is 8.78 Å². The quantitative estimate of drug-likeness (QED) is 0.871. The number of hydrogen-bond acceptors (Lipinski definition) is 2. The maximum Gasteiger partial charge on any atom is 0.130 e. The number of benzene rings is 1. The minimum absolute atomic E-state index is 0.203. The molecule has 1 aromatic carbocycles. The zero-order valence-electron chi connectivity index (χ0n) is 11.4. The molecular formula is C16H18F2N2. The first kappa shape index (κ1) is 14.6. The minimum atomic E-state index is -0.557. The van der Waals surface area contributed by atoms with Crippen LogP contribution < -0.4 is 5.32 Å². The molecule has 0 amide bonds. The summed E-state index contributed by atoms with van der Waals surface area (Å²) in [6, 6.07) is 9.16. The van der Waals surface area contributed by atoms with E-state index in [0.717, 1.165) is 24.7 Å². The summed E-state index contributed by atoms with van der Waals surface area (Å²) >= 11 is 0. The van der Waals surface area contributed by atoms with Crippen molar-refractivity contribution in [2.24, 2.45) is 0 Å². The van der Waals surface area contributed by atoms with Crippen molar-refractivity contribution in [1.29, 1.82) is 0 Å². The minimum Gasteiger partial charge on any atom is -0.310 e. The Kier molecular flexibility index (Phi) is 5.18. The van der Waals surface area contributed by atoms with Crippen LogP contribution in [0, 0.1) is 11.6 Å². The van der Waals surface area contributed by atoms with Gasteiger partial charge < -0.3 is 5.32 Å². The molecule has 2 aromatic rings. The van der Waals surface area contributed by atoms with E-state index in [9.17, 15) is 8.78 Å². The van der Waals surface area contributed by atoms with Gasteiger partial charge in [0.2, 0.25) is 0 Å². The van der Waals surface area contributed by atoms with Gasteiger partial charge in [0.05, 0.1) is 0 Å². The number of rotatable bonds is 6. The van der Waals surface area contributed by atoms with Crippen molar-refractivity contribution < 1.29 is 8.78 Å². The lowest BCUT2D eigenvalue weighted by atomic mass is 10.0. The van der Waals surface area contributed by atoms with Gasteiger partial charge in [0.1, 0.15) is 11.6 Å². The first-order valence-electron chi connectivity index (χ1n) is 6.79. The smallest absolute Gasteiger partial charge is 0.130 e. The average Bonchev–Trinajstić information content (AvgIpc) is 2.45. The van der Waals surface area contributed by atoms with Gasteiger partial charge in [0.25, 0.3) is 0 Å². The molecule has 1 unspecified atom stereocenters. The van der Waals surface area contributed by atoms with Crippen molar-refractivity contribution in [3.05, 3.63) is 65.5 Å². The summed E-state index contributed by atoms with van der Waals surface area (Å²) in [6.45, 7) is 2.82. The van der Waals surface area contributed by atoms with Gasteiger partial charge in [0.15, 0.2) is 0 Å². The van der Waals surface area contributed by atoms with Gasteiger partial charge >= 0.3 is 0 Å². The van der Waals surface area contributed by atoms with E-state index in [1.165, 1.54) is 12.1 Å². The second-order valence-corrected chi connectivity index (χ2v) is 4.70. The van der Waals surface area contributed by atoms with Crippen molar-refractivity contribution in [2.45, 2.75) is 25.8 Å². The molecular weight excluding hydrogens is 258 g/mol. The number of hydrogen-bond donors (Lipinski definition) is 1. The van der Waals surface area contributed by atoms with Gasteiger partial charge in [-0.15, -0.1) is 0 Å². The van der Waals surface area contributed by atoms with E-state index in [4.69, 9.17) is 0 Å². The van der Waals surface area contributed by atoms with Gasteiger partial charge in [0, 0.05) is 36.0 Å². The lowest BCUT2D eigenvalue weighted by Gasteiger charge is -2.19. The number of nitrogens with zero attached hydrogens (tertiary/aromatic N) is 1. The first-order valence-corrected chi connectivity index (χ1v) is 6.79. The molecule has 4 heteroatoms. The largest absolute Gasteiger partial charge is 0.310 e. The molecule has 0 saturated carbocycles. The van der Waals surface area contributed by atoms with Crippen LogP contribution in [-0.2, 0) is 6.42 Å². The molecule has 20 heavy (non-hydrogen) atoms. The number of halogens is 2. The monoisotopic (exact) mass is 276 g/mol. The molecule has 0 aliphatic heterocycles. The van der Waals surface area contributed by atoms with Crippen molar-refractivity contribution in [3.8, 4) is 0 Å². The van der Waals surface area contributed by atoms with Crippen LogP contribution in [0.25, 0.3) is 0 Å². The van der Waals surface area contributed by atoms with Crippen LogP contribution in [0.3, 0.4) is 0 Å². The third kappa shape index (κ3) is 3.84. The summed E-state index contributed by atoms with van der Waals surface area (Å²) in [5.74, 6) is -1.08. The number of pyridine rings is 1. The molecule has 0 bridgehead atoms. The van der Waals surface area contributed by atoms with Crippen LogP contribution in [0.5, 0.6) is 0 Å². The summed E-state index contributed by atoms with van der Waals surface area (Å²) in [5.41, 5.74) is 1.36. The third-order valence-electron chi connectivity index (χ3n) is 3.12. The molecule has 2 rings (SSSR count). The topological polar surface area (TPSA) is 24.9 Å². The Morgan fingerprint density at radius 2 is 2.05 bits per heavy atom. The van der Waals surface area contributed by atoms with E-state index in [0.29, 0.717) is 12.0 Å². The SMILES string of the molecule is CCCNC(Cc1ccccn1)c1ccc(F)cc1F. The Morgan fingerprint density at radius 3 is 2.70 bits per heavy atom. The standard InChI is InChI=1S/C16H18F2N2/c1-2-8-20-16(11-13-5-3-4-9-19-13)14-7-6-12(17)10-15(14)18/h3-7,9-10,16,20H,2,8,11H2,1H3. The lowest BCUT2D eigenvalue weighted by Crippen LogP contribution is -2.25. The Bertz CT molecular complexity index is 543. The highest BCUT2D eigenvalue weighted by atomic mass is 19.1. The Balaban J connectivity index is 2.22. The summed E-state index contributed by atoms with van der Waals surface area (Å²) < 4.78 is 26.9. The normalized spacial score (nSPS) is 12.3. The summed E-state index contributed by atoms with van der Waals surface area (Å²) in [5, 5.41) is 3.29. The summed E-state index contributed by atoms with van der Waals surface area (Å²) in [4.78, 5) is 4.26. The highest BCUT2D eigenvalue weighted by Gasteiger charge is 2.16. The molecule has 1 N–H and O–H groups in total. The van der Waals surface area contributed by atoms with Crippen LogP contribution >= 0.6 is 0 Å². The zero-order valence-corrected chi connectivity index (χ0v) is 11.4. The third-order valence-corrected chi connectivity index (χ3v) is 3.12. The van der Waals surface area contributed by atoms with E-state index in [1.807, 2.05) is 25.1 Å². The van der Waals surface area contributed by atoms with E-state index in [1.54, 1.807) is 6.20 Å². The zero-order chi connectivity index (χ0) is 14.4. The number of aromatic nitrogens is 1. The highest BCUT2D eigenvalue weighted by Crippen LogP contribution is 2.21. The molecule has 0 fully saturated rings. The van der Waals surface area contributed by atoms with Crippen LogP contribution in [0.2, 0.25) is 0 Å². The fourth-order valence-electron chi connectivity index (χ4n) is 2.12. The van der Waals surface area contributed by atoms with Gasteiger partial charge in [-0.05, 0) is 31.2 Å². The molecule has 1 heterocycles. The maximum absolute atomic E-state index is 13.9. The maximum atomic E-state index is 13.9. The van der Waals surface area contributed by atoms with Crippen molar-refractivity contribution in [3.63, 3.8) is 0 Å². The fraction of sp³-hybridized carbons (Fsp3) is 0.312. The van der Waals surface area contributed by atoms with Crippen LogP contribution in [-0.4, -0.2) is 11.5 Å². The molecule has 1 atom stereocenters. The molecule has 0 aliphatic rings. The lowest BCUT2D eigenvalue weighted by molar-refractivity contribution is 0.488. The van der Waals surface area contributed by atoms with Gasteiger partial charge in [-0.25, -0.2) is 8.78 Å². The van der Waals surface area contributed by atoms with Crippen LogP contribution in [0.1, 0.15) is 30.6 Å². The molecule has 1 aromatic heterocycles. The van der Waals surface area contributed by atoms with Crippen molar-refractivity contribution in [2.75, 3.05) is 6.54 Å². The fourth-order valence-corrected chi connectivity index (χ4v) is 2.12. The van der Waals surface area contributed by atoms with Gasteiger partial charge in [-0.1, -0.05) is 19.1 Å². The Hall–Kier alpha value is -1.81. The Labute approximate surface area is 117 Å². The second-order valence-electron chi connectivity index (χ2n) is 4.70. The van der Waals surface area contributed by atoms with E-state index in [-0.39, 0.29) is 6.04 Å². The molecule has 0 aliphatic carbocycles. The Morgan fingerprint density at radius 1 is 1.20 bits per heavy atom. The summed E-state index contributed by atoms with van der Waals surface area (Å²) in [6.07, 6.45) is 3.23. The molecule has 0 saturated heterocycles. The predicted octanol–water partition coefficient (Wildman–Crippen LogP) is 3.64. The summed E-state index contributed by atoms with van der Waals surface area (Å²) in [7, 11) is 0. The average molecular weight is 276 g/mol. The van der Waals surface area contributed by atoms with Crippen molar-refractivity contribution >= 4 is 0 Å². The van der Waals surface area contributed by atoms with Gasteiger partial charge in [-0.3, -0.25) is 4.98 Å². The van der Waals surface area contributed by atoms with E-state index < -0.39 is 11.6 Å². The van der Waals surface area contributed by atoms with E-state index in [2.05, 4.69) is 10.3 Å². The van der Waals surface area contributed by atoms with Crippen molar-refractivity contribution in [1.82, 2.24) is 10.3 Å². The molecule has 0 radical (unpaired) electrons. The second kappa shape index (κ2) is 7.10. The molecule has 2 nitrogen and oxygen atoms in total. The predicted molar refractivity (Wildman–Crippen MR) is 75.3 cm³/mol. The number of nitrogens with one attached hydrogen (secondary N) is 1. The van der Waals surface area contributed by atoms with Gasteiger partial charge in [-0.2, -0.15) is 0 Å². The molecule has 106 valence electrons. The highest BCUT2D eigenvalue weighted by molar-refractivity contribution is 5.24. The van der Waals surface area contributed by atoms with Crippen LogP contribution in [0.15, 0.2) is 42.6 Å². The first-order chi connectivity index (χ1) is 9.70. The molecule has 0 spiro atoms.